The molecule has 0 saturated carbocycles. The van der Waals surface area contributed by atoms with Crippen LogP contribution in [0.3, 0.4) is 0 Å². The SMILES string of the molecule is CCOC(=O)NC(=O)C(=CNC(C)=O)C(C)=O. The maximum Gasteiger partial charge on any atom is 0.414 e. The van der Waals surface area contributed by atoms with Gasteiger partial charge in [-0.1, -0.05) is 0 Å². The van der Waals surface area contributed by atoms with Crippen molar-refractivity contribution in [2.45, 2.75) is 20.8 Å². The minimum atomic E-state index is -0.951. The summed E-state index contributed by atoms with van der Waals surface area (Å²) in [6.45, 7) is 4.03. The van der Waals surface area contributed by atoms with E-state index in [1.165, 1.54) is 6.92 Å². The second-order valence-corrected chi connectivity index (χ2v) is 2.99. The Morgan fingerprint density at radius 2 is 1.76 bits per heavy atom. The van der Waals surface area contributed by atoms with E-state index >= 15 is 0 Å². The van der Waals surface area contributed by atoms with Gasteiger partial charge in [0.15, 0.2) is 5.78 Å². The van der Waals surface area contributed by atoms with Crippen molar-refractivity contribution in [3.8, 4) is 0 Å². The topological polar surface area (TPSA) is 102 Å². The smallest absolute Gasteiger partial charge is 0.414 e. The summed E-state index contributed by atoms with van der Waals surface area (Å²) in [5.74, 6) is -1.95. The Morgan fingerprint density at radius 3 is 2.18 bits per heavy atom. The normalized spacial score (nSPS) is 10.4. The van der Waals surface area contributed by atoms with E-state index in [1.807, 2.05) is 5.32 Å². The van der Waals surface area contributed by atoms with Gasteiger partial charge in [0.1, 0.15) is 0 Å². The number of hydrogen-bond donors (Lipinski definition) is 2. The van der Waals surface area contributed by atoms with Crippen molar-refractivity contribution in [1.29, 1.82) is 0 Å². The summed E-state index contributed by atoms with van der Waals surface area (Å²) < 4.78 is 4.47. The molecule has 0 fully saturated rings. The van der Waals surface area contributed by atoms with Gasteiger partial charge >= 0.3 is 6.09 Å². The number of ether oxygens (including phenoxy) is 1. The maximum absolute atomic E-state index is 11.4. The van der Waals surface area contributed by atoms with Crippen LogP contribution in [0.4, 0.5) is 4.79 Å². The monoisotopic (exact) mass is 242 g/mol. The molecule has 0 aromatic carbocycles. The fraction of sp³-hybridized carbons (Fsp3) is 0.400. The number of carbonyl (C=O) groups excluding carboxylic acids is 4. The molecule has 0 unspecified atom stereocenters. The van der Waals surface area contributed by atoms with E-state index < -0.39 is 23.7 Å². The fourth-order valence-electron chi connectivity index (χ4n) is 0.828. The summed E-state index contributed by atoms with van der Waals surface area (Å²) in [6, 6.07) is 0. The molecule has 0 rings (SSSR count). The van der Waals surface area contributed by atoms with E-state index in [2.05, 4.69) is 10.1 Å². The molecule has 0 aliphatic rings. The number of ketones is 1. The molecule has 0 atom stereocenters. The second kappa shape index (κ2) is 7.15. The van der Waals surface area contributed by atoms with Crippen LogP contribution in [0.2, 0.25) is 0 Å². The summed E-state index contributed by atoms with van der Waals surface area (Å²) in [5.41, 5.74) is -0.340. The molecular formula is C10H14N2O5. The van der Waals surface area contributed by atoms with E-state index in [1.54, 1.807) is 6.92 Å². The van der Waals surface area contributed by atoms with Crippen molar-refractivity contribution >= 4 is 23.7 Å². The Hall–Kier alpha value is -2.18. The van der Waals surface area contributed by atoms with E-state index in [-0.39, 0.29) is 12.2 Å². The van der Waals surface area contributed by atoms with Crippen LogP contribution in [0, 0.1) is 0 Å². The minimum absolute atomic E-state index is 0.101. The van der Waals surface area contributed by atoms with E-state index in [4.69, 9.17) is 0 Å². The Kier molecular flexibility index (Phi) is 6.24. The first-order chi connectivity index (χ1) is 7.88. The Balaban J connectivity index is 4.67. The summed E-state index contributed by atoms with van der Waals surface area (Å²) in [4.78, 5) is 44.1. The zero-order valence-corrected chi connectivity index (χ0v) is 9.83. The number of nitrogens with one attached hydrogen (secondary N) is 2. The maximum atomic E-state index is 11.4. The molecule has 0 heterocycles. The van der Waals surface area contributed by atoms with Gasteiger partial charge < -0.3 is 10.1 Å². The summed E-state index contributed by atoms with van der Waals surface area (Å²) >= 11 is 0. The number of hydrogen-bond acceptors (Lipinski definition) is 5. The lowest BCUT2D eigenvalue weighted by Crippen LogP contribution is -2.34. The van der Waals surface area contributed by atoms with Gasteiger partial charge in [-0.05, 0) is 13.8 Å². The van der Waals surface area contributed by atoms with Crippen molar-refractivity contribution in [3.63, 3.8) is 0 Å². The molecule has 3 amide bonds. The first-order valence-corrected chi connectivity index (χ1v) is 4.84. The van der Waals surface area contributed by atoms with Gasteiger partial charge in [-0.25, -0.2) is 4.79 Å². The van der Waals surface area contributed by atoms with Crippen molar-refractivity contribution in [3.05, 3.63) is 11.8 Å². The predicted molar refractivity (Wildman–Crippen MR) is 57.7 cm³/mol. The number of carbonyl (C=O) groups is 4. The van der Waals surface area contributed by atoms with Crippen LogP contribution in [0.15, 0.2) is 11.8 Å². The van der Waals surface area contributed by atoms with Crippen molar-refractivity contribution in [1.82, 2.24) is 10.6 Å². The van der Waals surface area contributed by atoms with Gasteiger partial charge in [-0.2, -0.15) is 0 Å². The largest absolute Gasteiger partial charge is 0.450 e. The molecule has 0 aliphatic heterocycles. The van der Waals surface area contributed by atoms with Crippen molar-refractivity contribution in [2.24, 2.45) is 0 Å². The van der Waals surface area contributed by atoms with Crippen molar-refractivity contribution < 1.29 is 23.9 Å². The summed E-state index contributed by atoms with van der Waals surface area (Å²) in [7, 11) is 0. The number of amides is 3. The second-order valence-electron chi connectivity index (χ2n) is 2.99. The van der Waals surface area contributed by atoms with Crippen LogP contribution in [0.1, 0.15) is 20.8 Å². The van der Waals surface area contributed by atoms with Crippen LogP contribution >= 0.6 is 0 Å². The molecule has 0 saturated heterocycles. The number of Topliss-reactive ketones (excluding diaryl/α,β-unsaturated/α-hetero) is 1. The summed E-state index contributed by atoms with van der Waals surface area (Å²) in [6.07, 6.45) is -0.00774. The van der Waals surface area contributed by atoms with E-state index in [9.17, 15) is 19.2 Å². The molecule has 0 aliphatic carbocycles. The average Bonchev–Trinajstić information content (AvgIpc) is 2.16. The highest BCUT2D eigenvalue weighted by molar-refractivity contribution is 6.21. The molecule has 2 N–H and O–H groups in total. The van der Waals surface area contributed by atoms with Crippen LogP contribution in [0.5, 0.6) is 0 Å². The zero-order valence-electron chi connectivity index (χ0n) is 9.83. The lowest BCUT2D eigenvalue weighted by atomic mass is 10.2. The third kappa shape index (κ3) is 6.08. The Bertz CT molecular complexity index is 373. The Labute approximate surface area is 98.2 Å². The fourth-order valence-corrected chi connectivity index (χ4v) is 0.828. The molecule has 0 aromatic rings. The van der Waals surface area contributed by atoms with E-state index in [0.29, 0.717) is 0 Å². The molecule has 0 bridgehead atoms. The van der Waals surface area contributed by atoms with Crippen molar-refractivity contribution in [2.75, 3.05) is 6.61 Å². The lowest BCUT2D eigenvalue weighted by Gasteiger charge is -2.05. The minimum Gasteiger partial charge on any atom is -0.450 e. The van der Waals surface area contributed by atoms with Gasteiger partial charge in [0, 0.05) is 13.1 Å². The molecule has 0 radical (unpaired) electrons. The van der Waals surface area contributed by atoms with Crippen LogP contribution in [0.25, 0.3) is 0 Å². The molecular weight excluding hydrogens is 228 g/mol. The molecule has 17 heavy (non-hydrogen) atoms. The molecule has 94 valence electrons. The number of alkyl carbamates (subject to hydrolysis) is 1. The van der Waals surface area contributed by atoms with Gasteiger partial charge in [0.25, 0.3) is 5.91 Å². The molecule has 7 heteroatoms. The van der Waals surface area contributed by atoms with Crippen LogP contribution in [-0.4, -0.2) is 30.3 Å². The molecule has 0 spiro atoms. The lowest BCUT2D eigenvalue weighted by molar-refractivity contribution is -0.121. The van der Waals surface area contributed by atoms with Gasteiger partial charge in [0.05, 0.1) is 12.2 Å². The third-order valence-electron chi connectivity index (χ3n) is 1.53. The third-order valence-corrected chi connectivity index (χ3v) is 1.53. The highest BCUT2D eigenvalue weighted by Gasteiger charge is 2.17. The standard InChI is InChI=1S/C10H14N2O5/c1-4-17-10(16)12-9(15)8(6(2)13)5-11-7(3)14/h5H,4H2,1-3H3,(H,11,14)(H,12,15,16). The Morgan fingerprint density at radius 1 is 1.18 bits per heavy atom. The average molecular weight is 242 g/mol. The molecule has 0 aromatic heterocycles. The first kappa shape index (κ1) is 14.8. The zero-order chi connectivity index (χ0) is 13.4. The quantitative estimate of drug-likeness (QED) is 0.406. The highest BCUT2D eigenvalue weighted by Crippen LogP contribution is 1.95. The van der Waals surface area contributed by atoms with E-state index in [0.717, 1.165) is 13.1 Å². The summed E-state index contributed by atoms with van der Waals surface area (Å²) in [5, 5.41) is 4.02. The van der Waals surface area contributed by atoms with Gasteiger partial charge in [-0.15, -0.1) is 0 Å². The predicted octanol–water partition coefficient (Wildman–Crippen LogP) is -0.132. The number of rotatable bonds is 4. The molecule has 7 nitrogen and oxygen atoms in total. The van der Waals surface area contributed by atoms with Gasteiger partial charge in [0.2, 0.25) is 5.91 Å². The highest BCUT2D eigenvalue weighted by atomic mass is 16.5. The number of imide groups is 1. The van der Waals surface area contributed by atoms with Crippen LogP contribution in [-0.2, 0) is 19.1 Å². The van der Waals surface area contributed by atoms with Gasteiger partial charge in [-0.3, -0.25) is 19.7 Å². The first-order valence-electron chi connectivity index (χ1n) is 4.84. The van der Waals surface area contributed by atoms with Crippen LogP contribution < -0.4 is 10.6 Å².